The van der Waals surface area contributed by atoms with Crippen LogP contribution in [0.4, 0.5) is 10.1 Å². The van der Waals surface area contributed by atoms with Crippen LogP contribution >= 0.6 is 0 Å². The molecule has 0 aliphatic carbocycles. The maximum absolute atomic E-state index is 14.2. The maximum Gasteiger partial charge on any atom is 0.146 e. The standard InChI is InChI=1S/C17H27FN2/c1-13(2)8-9-19-14(3)15-6-7-17(16(18)12-15)20-10-4-5-11-20/h6-7,12-14,19H,4-5,8-11H2,1-3H3/t14-/m1/s1. The summed E-state index contributed by atoms with van der Waals surface area (Å²) < 4.78 is 14.2. The van der Waals surface area contributed by atoms with Gasteiger partial charge in [-0.05, 0) is 56.3 Å². The molecule has 112 valence electrons. The summed E-state index contributed by atoms with van der Waals surface area (Å²) >= 11 is 0. The largest absolute Gasteiger partial charge is 0.369 e. The number of nitrogens with zero attached hydrogens (tertiary/aromatic N) is 1. The third-order valence-corrected chi connectivity index (χ3v) is 4.09. The van der Waals surface area contributed by atoms with Crippen LogP contribution in [0.25, 0.3) is 0 Å². The Kier molecular flexibility index (Phi) is 5.41. The van der Waals surface area contributed by atoms with Crippen molar-refractivity contribution < 1.29 is 4.39 Å². The molecule has 3 heteroatoms. The van der Waals surface area contributed by atoms with E-state index in [1.54, 1.807) is 6.07 Å². The lowest BCUT2D eigenvalue weighted by Crippen LogP contribution is -2.22. The highest BCUT2D eigenvalue weighted by Crippen LogP contribution is 2.26. The van der Waals surface area contributed by atoms with Crippen molar-refractivity contribution in [3.8, 4) is 0 Å². The Hall–Kier alpha value is -1.09. The van der Waals surface area contributed by atoms with E-state index in [-0.39, 0.29) is 11.9 Å². The molecule has 1 heterocycles. The second-order valence-electron chi connectivity index (χ2n) is 6.26. The summed E-state index contributed by atoms with van der Waals surface area (Å²) in [6.45, 7) is 9.49. The predicted octanol–water partition coefficient (Wildman–Crippen LogP) is 4.12. The van der Waals surface area contributed by atoms with Crippen LogP contribution in [0.3, 0.4) is 0 Å². The lowest BCUT2D eigenvalue weighted by Gasteiger charge is -2.20. The van der Waals surface area contributed by atoms with Crippen molar-refractivity contribution in [3.05, 3.63) is 29.6 Å². The Bertz CT molecular complexity index is 425. The molecule has 0 aromatic heterocycles. The Morgan fingerprint density at radius 1 is 1.20 bits per heavy atom. The van der Waals surface area contributed by atoms with E-state index < -0.39 is 0 Å². The molecular formula is C17H27FN2. The first-order valence-electron chi connectivity index (χ1n) is 7.85. The fraction of sp³-hybridized carbons (Fsp3) is 0.647. The van der Waals surface area contributed by atoms with Gasteiger partial charge in [0.2, 0.25) is 0 Å². The lowest BCUT2D eigenvalue weighted by atomic mass is 10.1. The molecule has 1 atom stereocenters. The summed E-state index contributed by atoms with van der Waals surface area (Å²) in [4.78, 5) is 2.15. The summed E-state index contributed by atoms with van der Waals surface area (Å²) in [5, 5.41) is 3.47. The molecule has 0 bridgehead atoms. The Balaban J connectivity index is 1.97. The van der Waals surface area contributed by atoms with Gasteiger partial charge in [-0.2, -0.15) is 0 Å². The number of nitrogens with one attached hydrogen (secondary N) is 1. The molecule has 1 aromatic rings. The van der Waals surface area contributed by atoms with Crippen LogP contribution in [0.1, 0.15) is 51.6 Å². The molecule has 1 aliphatic heterocycles. The zero-order valence-corrected chi connectivity index (χ0v) is 13.0. The third kappa shape index (κ3) is 3.95. The first-order valence-corrected chi connectivity index (χ1v) is 7.85. The van der Waals surface area contributed by atoms with Gasteiger partial charge in [-0.1, -0.05) is 19.9 Å². The van der Waals surface area contributed by atoms with Gasteiger partial charge in [0, 0.05) is 19.1 Å². The highest BCUT2D eigenvalue weighted by molar-refractivity contribution is 5.50. The van der Waals surface area contributed by atoms with E-state index >= 15 is 0 Å². The molecule has 2 nitrogen and oxygen atoms in total. The molecule has 1 aliphatic rings. The van der Waals surface area contributed by atoms with E-state index in [0.29, 0.717) is 5.92 Å². The average Bonchev–Trinajstić information content (AvgIpc) is 2.91. The summed E-state index contributed by atoms with van der Waals surface area (Å²) in [5.41, 5.74) is 1.80. The molecule has 1 saturated heterocycles. The molecule has 0 radical (unpaired) electrons. The number of rotatable bonds is 6. The molecule has 0 saturated carbocycles. The molecule has 0 amide bonds. The van der Waals surface area contributed by atoms with Gasteiger partial charge >= 0.3 is 0 Å². The van der Waals surface area contributed by atoms with Gasteiger partial charge < -0.3 is 10.2 Å². The molecule has 20 heavy (non-hydrogen) atoms. The summed E-state index contributed by atoms with van der Waals surface area (Å²) in [7, 11) is 0. The van der Waals surface area contributed by atoms with E-state index in [0.717, 1.165) is 37.3 Å². The summed E-state index contributed by atoms with van der Waals surface area (Å²) in [6.07, 6.45) is 3.50. The van der Waals surface area contributed by atoms with Crippen molar-refractivity contribution >= 4 is 5.69 Å². The number of hydrogen-bond donors (Lipinski definition) is 1. The van der Waals surface area contributed by atoms with E-state index in [9.17, 15) is 4.39 Å². The van der Waals surface area contributed by atoms with Crippen molar-refractivity contribution in [2.45, 2.75) is 46.1 Å². The van der Waals surface area contributed by atoms with Crippen LogP contribution in [0.5, 0.6) is 0 Å². The molecular weight excluding hydrogens is 251 g/mol. The van der Waals surface area contributed by atoms with Crippen molar-refractivity contribution in [1.82, 2.24) is 5.32 Å². The van der Waals surface area contributed by atoms with Crippen LogP contribution in [0, 0.1) is 11.7 Å². The highest BCUT2D eigenvalue weighted by Gasteiger charge is 2.17. The fourth-order valence-electron chi connectivity index (χ4n) is 2.71. The SMILES string of the molecule is CC(C)CCN[C@H](C)c1ccc(N2CCCC2)c(F)c1. The molecule has 1 aromatic carbocycles. The van der Waals surface area contributed by atoms with Crippen LogP contribution in [0.2, 0.25) is 0 Å². The van der Waals surface area contributed by atoms with Gasteiger partial charge in [-0.3, -0.25) is 0 Å². The fourth-order valence-corrected chi connectivity index (χ4v) is 2.71. The van der Waals surface area contributed by atoms with Gasteiger partial charge in [0.15, 0.2) is 0 Å². The first-order chi connectivity index (χ1) is 9.58. The highest BCUT2D eigenvalue weighted by atomic mass is 19.1. The number of halogens is 1. The Labute approximate surface area is 122 Å². The van der Waals surface area contributed by atoms with E-state index in [1.165, 1.54) is 12.8 Å². The van der Waals surface area contributed by atoms with Gasteiger partial charge in [-0.15, -0.1) is 0 Å². The topological polar surface area (TPSA) is 15.3 Å². The Morgan fingerprint density at radius 2 is 1.90 bits per heavy atom. The molecule has 2 rings (SSSR count). The zero-order valence-electron chi connectivity index (χ0n) is 13.0. The number of benzene rings is 1. The minimum absolute atomic E-state index is 0.0816. The van der Waals surface area contributed by atoms with Gasteiger partial charge in [0.05, 0.1) is 5.69 Å². The van der Waals surface area contributed by atoms with Crippen LogP contribution in [0.15, 0.2) is 18.2 Å². The van der Waals surface area contributed by atoms with Gasteiger partial charge in [-0.25, -0.2) is 4.39 Å². The Morgan fingerprint density at radius 3 is 2.50 bits per heavy atom. The lowest BCUT2D eigenvalue weighted by molar-refractivity contribution is 0.495. The van der Waals surface area contributed by atoms with Gasteiger partial charge in [0.1, 0.15) is 5.82 Å². The number of anilines is 1. The molecule has 1 N–H and O–H groups in total. The van der Waals surface area contributed by atoms with E-state index in [2.05, 4.69) is 37.1 Å². The molecule has 0 spiro atoms. The van der Waals surface area contributed by atoms with E-state index in [4.69, 9.17) is 0 Å². The number of hydrogen-bond acceptors (Lipinski definition) is 2. The zero-order chi connectivity index (χ0) is 14.5. The first kappa shape index (κ1) is 15.3. The predicted molar refractivity (Wildman–Crippen MR) is 83.7 cm³/mol. The third-order valence-electron chi connectivity index (χ3n) is 4.09. The second-order valence-corrected chi connectivity index (χ2v) is 6.26. The van der Waals surface area contributed by atoms with Crippen LogP contribution in [-0.2, 0) is 0 Å². The second kappa shape index (κ2) is 7.07. The van der Waals surface area contributed by atoms with Crippen molar-refractivity contribution in [2.24, 2.45) is 5.92 Å². The monoisotopic (exact) mass is 278 g/mol. The minimum Gasteiger partial charge on any atom is -0.369 e. The van der Waals surface area contributed by atoms with Crippen LogP contribution < -0.4 is 10.2 Å². The van der Waals surface area contributed by atoms with E-state index in [1.807, 2.05) is 6.07 Å². The smallest absolute Gasteiger partial charge is 0.146 e. The summed E-state index contributed by atoms with van der Waals surface area (Å²) in [5.74, 6) is 0.617. The molecule has 1 fully saturated rings. The summed E-state index contributed by atoms with van der Waals surface area (Å²) in [6, 6.07) is 5.90. The minimum atomic E-state index is -0.0816. The normalized spacial score (nSPS) is 16.9. The quantitative estimate of drug-likeness (QED) is 0.842. The average molecular weight is 278 g/mol. The molecule has 0 unspecified atom stereocenters. The van der Waals surface area contributed by atoms with Crippen molar-refractivity contribution in [2.75, 3.05) is 24.5 Å². The van der Waals surface area contributed by atoms with Gasteiger partial charge in [0.25, 0.3) is 0 Å². The van der Waals surface area contributed by atoms with Crippen molar-refractivity contribution in [3.63, 3.8) is 0 Å². The maximum atomic E-state index is 14.2. The van der Waals surface area contributed by atoms with Crippen LogP contribution in [-0.4, -0.2) is 19.6 Å². The van der Waals surface area contributed by atoms with Crippen molar-refractivity contribution in [1.29, 1.82) is 0 Å².